The molecule has 1 atom stereocenters. The summed E-state index contributed by atoms with van der Waals surface area (Å²) in [6.45, 7) is 5.65. The van der Waals surface area contributed by atoms with Gasteiger partial charge in [-0.15, -0.1) is 0 Å². The summed E-state index contributed by atoms with van der Waals surface area (Å²) in [7, 11) is 1.71. The van der Waals surface area contributed by atoms with Crippen LogP contribution in [0.15, 0.2) is 84.9 Å². The molecule has 0 unspecified atom stereocenters. The van der Waals surface area contributed by atoms with Crippen molar-refractivity contribution in [2.45, 2.75) is 19.0 Å². The summed E-state index contributed by atoms with van der Waals surface area (Å²) in [5.41, 5.74) is 3.31. The molecule has 1 fully saturated rings. The van der Waals surface area contributed by atoms with E-state index in [1.807, 2.05) is 61.5 Å². The molecule has 32 heavy (non-hydrogen) atoms. The minimum Gasteiger partial charge on any atom is -0.495 e. The van der Waals surface area contributed by atoms with Crippen LogP contribution in [0.2, 0.25) is 0 Å². The van der Waals surface area contributed by atoms with E-state index < -0.39 is 0 Å². The minimum atomic E-state index is -0.151. The van der Waals surface area contributed by atoms with Crippen molar-refractivity contribution in [3.05, 3.63) is 96.1 Å². The van der Waals surface area contributed by atoms with Gasteiger partial charge in [-0.3, -0.25) is 4.79 Å². The van der Waals surface area contributed by atoms with E-state index in [4.69, 9.17) is 4.74 Å². The van der Waals surface area contributed by atoms with Gasteiger partial charge in [-0.05, 0) is 30.2 Å². The molecule has 0 bridgehead atoms. The van der Waals surface area contributed by atoms with Gasteiger partial charge in [0.1, 0.15) is 5.75 Å². The van der Waals surface area contributed by atoms with Crippen molar-refractivity contribution >= 4 is 11.6 Å². The third-order valence-electron chi connectivity index (χ3n) is 6.39. The predicted molar refractivity (Wildman–Crippen MR) is 128 cm³/mol. The fourth-order valence-electron chi connectivity index (χ4n) is 4.46. The van der Waals surface area contributed by atoms with Crippen LogP contribution < -0.4 is 19.9 Å². The number of para-hydroxylation sites is 2. The Morgan fingerprint density at radius 2 is 1.41 bits per heavy atom. The quantitative estimate of drug-likeness (QED) is 0.606. The minimum absolute atomic E-state index is 0.0865. The maximum Gasteiger partial charge on any atom is 0.278 e. The number of piperazine rings is 1. The summed E-state index contributed by atoms with van der Waals surface area (Å²) in [5.74, 6) is 0.985. The molecule has 1 aliphatic heterocycles. The van der Waals surface area contributed by atoms with Gasteiger partial charge in [0.15, 0.2) is 6.04 Å². The second-order valence-corrected chi connectivity index (χ2v) is 8.30. The second-order valence-electron chi connectivity index (χ2n) is 8.30. The Morgan fingerprint density at radius 1 is 0.875 bits per heavy atom. The van der Waals surface area contributed by atoms with E-state index in [1.165, 1.54) is 4.90 Å². The van der Waals surface area contributed by atoms with Gasteiger partial charge in [0, 0.05) is 0 Å². The highest BCUT2D eigenvalue weighted by molar-refractivity contribution is 5.81. The molecule has 0 spiro atoms. The average Bonchev–Trinajstić information content (AvgIpc) is 2.87. The molecular formula is C27H32N3O2+. The third kappa shape index (κ3) is 4.94. The lowest BCUT2D eigenvalue weighted by Gasteiger charge is -2.36. The van der Waals surface area contributed by atoms with Crippen LogP contribution in [0.4, 0.5) is 5.69 Å². The van der Waals surface area contributed by atoms with Gasteiger partial charge in [-0.2, -0.15) is 0 Å². The fraction of sp³-hybridized carbons (Fsp3) is 0.296. The number of hydrogen-bond acceptors (Lipinski definition) is 3. The first-order chi connectivity index (χ1) is 15.7. The molecule has 5 heteroatoms. The number of benzene rings is 3. The van der Waals surface area contributed by atoms with Crippen LogP contribution in [0.25, 0.3) is 0 Å². The molecule has 3 aromatic carbocycles. The van der Waals surface area contributed by atoms with Crippen molar-refractivity contribution in [1.29, 1.82) is 0 Å². The standard InChI is InChI=1S/C27H31N3O2/c1-21(29-17-19-30(20-18-29)24-15-9-10-16-25(24)32-2)27(31)28-26(22-11-5-3-6-12-22)23-13-7-4-8-14-23/h3-16,21,26H,17-20H2,1-2H3,(H,28,31)/p+1/t21-/m1/s1. The normalized spacial score (nSPS) is 15.4. The topological polar surface area (TPSA) is 46.0 Å². The highest BCUT2D eigenvalue weighted by Crippen LogP contribution is 2.27. The highest BCUT2D eigenvalue weighted by atomic mass is 16.5. The molecule has 5 nitrogen and oxygen atoms in total. The van der Waals surface area contributed by atoms with Crippen molar-refractivity contribution in [1.82, 2.24) is 5.32 Å². The number of hydrogen-bond donors (Lipinski definition) is 2. The van der Waals surface area contributed by atoms with Crippen molar-refractivity contribution in [2.24, 2.45) is 0 Å². The summed E-state index contributed by atoms with van der Waals surface area (Å²) in [4.78, 5) is 17.0. The van der Waals surface area contributed by atoms with E-state index >= 15 is 0 Å². The molecule has 2 N–H and O–H groups in total. The lowest BCUT2D eigenvalue weighted by Crippen LogP contribution is -3.19. The number of ether oxygens (including phenoxy) is 1. The summed E-state index contributed by atoms with van der Waals surface area (Å²) in [5, 5.41) is 3.31. The Hall–Kier alpha value is -3.31. The van der Waals surface area contributed by atoms with E-state index in [0.717, 1.165) is 48.7 Å². The number of anilines is 1. The zero-order chi connectivity index (χ0) is 22.3. The first kappa shape index (κ1) is 21.9. The maximum absolute atomic E-state index is 13.3. The molecule has 1 saturated heterocycles. The van der Waals surface area contributed by atoms with Gasteiger partial charge >= 0.3 is 0 Å². The summed E-state index contributed by atoms with van der Waals surface area (Å²) < 4.78 is 5.53. The van der Waals surface area contributed by atoms with Crippen molar-refractivity contribution in [2.75, 3.05) is 38.2 Å². The van der Waals surface area contributed by atoms with Crippen molar-refractivity contribution in [3.63, 3.8) is 0 Å². The summed E-state index contributed by atoms with van der Waals surface area (Å²) >= 11 is 0. The van der Waals surface area contributed by atoms with Crippen LogP contribution in [-0.2, 0) is 4.79 Å². The number of carbonyl (C=O) groups excluding carboxylic acids is 1. The molecule has 0 aromatic heterocycles. The molecule has 0 radical (unpaired) electrons. The molecule has 1 heterocycles. The number of quaternary nitrogens is 1. The Bertz CT molecular complexity index is 962. The second kappa shape index (κ2) is 10.3. The molecular weight excluding hydrogens is 398 g/mol. The zero-order valence-electron chi connectivity index (χ0n) is 18.8. The average molecular weight is 431 g/mol. The van der Waals surface area contributed by atoms with Gasteiger partial charge in [-0.25, -0.2) is 0 Å². The van der Waals surface area contributed by atoms with E-state index in [-0.39, 0.29) is 18.0 Å². The lowest BCUT2D eigenvalue weighted by molar-refractivity contribution is -0.914. The van der Waals surface area contributed by atoms with Gasteiger partial charge in [0.05, 0.1) is 45.0 Å². The van der Waals surface area contributed by atoms with Gasteiger partial charge < -0.3 is 19.9 Å². The molecule has 3 aromatic rings. The fourth-order valence-corrected chi connectivity index (χ4v) is 4.46. The number of nitrogens with one attached hydrogen (secondary N) is 2. The van der Waals surface area contributed by atoms with Crippen LogP contribution in [0.5, 0.6) is 5.75 Å². The summed E-state index contributed by atoms with van der Waals surface area (Å²) in [6.07, 6.45) is 0. The molecule has 0 saturated carbocycles. The monoisotopic (exact) mass is 430 g/mol. The lowest BCUT2D eigenvalue weighted by atomic mass is 9.98. The van der Waals surface area contributed by atoms with E-state index in [2.05, 4.69) is 40.5 Å². The Balaban J connectivity index is 1.42. The first-order valence-electron chi connectivity index (χ1n) is 11.3. The van der Waals surface area contributed by atoms with Crippen LogP contribution in [0.1, 0.15) is 24.1 Å². The van der Waals surface area contributed by atoms with Crippen molar-refractivity contribution < 1.29 is 14.4 Å². The first-order valence-corrected chi connectivity index (χ1v) is 11.3. The van der Waals surface area contributed by atoms with E-state index in [0.29, 0.717) is 0 Å². The number of rotatable bonds is 7. The molecule has 166 valence electrons. The third-order valence-corrected chi connectivity index (χ3v) is 6.39. The highest BCUT2D eigenvalue weighted by Gasteiger charge is 2.31. The van der Waals surface area contributed by atoms with Crippen molar-refractivity contribution in [3.8, 4) is 5.75 Å². The maximum atomic E-state index is 13.3. The van der Waals surface area contributed by atoms with Gasteiger partial charge in [-0.1, -0.05) is 72.8 Å². The number of carbonyl (C=O) groups is 1. The van der Waals surface area contributed by atoms with Crippen LogP contribution in [0, 0.1) is 0 Å². The number of nitrogens with zero attached hydrogens (tertiary/aromatic N) is 1. The van der Waals surface area contributed by atoms with Crippen LogP contribution in [0.3, 0.4) is 0 Å². The zero-order valence-corrected chi connectivity index (χ0v) is 18.8. The predicted octanol–water partition coefficient (Wildman–Crippen LogP) is 2.69. The Kier molecular flexibility index (Phi) is 7.07. The molecule has 0 aliphatic carbocycles. The van der Waals surface area contributed by atoms with Gasteiger partial charge in [0.25, 0.3) is 5.91 Å². The molecule has 1 amide bonds. The van der Waals surface area contributed by atoms with Crippen LogP contribution in [-0.4, -0.2) is 45.2 Å². The SMILES string of the molecule is COc1ccccc1N1CC[NH+]([C@H](C)C(=O)NC(c2ccccc2)c2ccccc2)CC1. The number of methoxy groups -OCH3 is 1. The molecule has 1 aliphatic rings. The van der Waals surface area contributed by atoms with E-state index in [1.54, 1.807) is 7.11 Å². The Labute approximate surface area is 190 Å². The van der Waals surface area contributed by atoms with Crippen LogP contribution >= 0.6 is 0 Å². The molecule has 4 rings (SSSR count). The van der Waals surface area contributed by atoms with Gasteiger partial charge in [0.2, 0.25) is 0 Å². The van der Waals surface area contributed by atoms with E-state index in [9.17, 15) is 4.79 Å². The Morgan fingerprint density at radius 3 is 1.97 bits per heavy atom. The smallest absolute Gasteiger partial charge is 0.278 e. The summed E-state index contributed by atoms with van der Waals surface area (Å²) in [6, 6.07) is 28.2. The number of amides is 1. The largest absolute Gasteiger partial charge is 0.495 e.